The van der Waals surface area contributed by atoms with E-state index in [4.69, 9.17) is 0 Å². The molecule has 0 saturated heterocycles. The van der Waals surface area contributed by atoms with Gasteiger partial charge < -0.3 is 0 Å². The summed E-state index contributed by atoms with van der Waals surface area (Å²) in [6.45, 7) is 0. The van der Waals surface area contributed by atoms with Crippen LogP contribution in [0.3, 0.4) is 0 Å². The van der Waals surface area contributed by atoms with Gasteiger partial charge in [0, 0.05) is 29.7 Å². The van der Waals surface area contributed by atoms with Crippen LogP contribution in [0.4, 0.5) is 0 Å². The molecule has 0 atom stereocenters. The molecule has 2 aromatic heterocycles. The maximum atomic E-state index is 10.7. The number of hydrogen-bond donors (Lipinski definition) is 0. The van der Waals surface area contributed by atoms with Crippen molar-refractivity contribution >= 4 is 6.29 Å². The summed E-state index contributed by atoms with van der Waals surface area (Å²) >= 11 is 0. The third kappa shape index (κ3) is 1.52. The third-order valence-corrected chi connectivity index (χ3v) is 1.92. The van der Waals surface area contributed by atoms with E-state index in [0.717, 1.165) is 17.5 Å². The highest BCUT2D eigenvalue weighted by molar-refractivity contribution is 5.85. The van der Waals surface area contributed by atoms with Gasteiger partial charge in [-0.1, -0.05) is 6.07 Å². The van der Waals surface area contributed by atoms with Crippen LogP contribution in [0.2, 0.25) is 0 Å². The highest BCUT2D eigenvalue weighted by Crippen LogP contribution is 2.18. The minimum absolute atomic E-state index is 0.561. The fourth-order valence-electron chi connectivity index (χ4n) is 1.26. The molecule has 2 aromatic rings. The van der Waals surface area contributed by atoms with E-state index in [2.05, 4.69) is 9.97 Å². The first-order valence-electron chi connectivity index (χ1n) is 4.22. The molecule has 0 aromatic carbocycles. The van der Waals surface area contributed by atoms with Gasteiger partial charge in [0.25, 0.3) is 0 Å². The Morgan fingerprint density at radius 3 is 2.79 bits per heavy atom. The zero-order valence-electron chi connectivity index (χ0n) is 7.42. The molecule has 0 bridgehead atoms. The largest absolute Gasteiger partial charge is 0.298 e. The first-order chi connectivity index (χ1) is 6.92. The number of pyridine rings is 2. The monoisotopic (exact) mass is 184 g/mol. The molecule has 0 saturated carbocycles. The van der Waals surface area contributed by atoms with Crippen molar-refractivity contribution < 1.29 is 4.79 Å². The highest BCUT2D eigenvalue weighted by Gasteiger charge is 2.03. The van der Waals surface area contributed by atoms with Crippen molar-refractivity contribution in [1.82, 2.24) is 9.97 Å². The molecule has 0 unspecified atom stereocenters. The quantitative estimate of drug-likeness (QED) is 0.670. The van der Waals surface area contributed by atoms with Crippen molar-refractivity contribution in [2.45, 2.75) is 0 Å². The summed E-state index contributed by atoms with van der Waals surface area (Å²) in [6, 6.07) is 7.37. The Kier molecular flexibility index (Phi) is 2.32. The molecule has 0 fully saturated rings. The molecule has 0 amide bonds. The normalized spacial score (nSPS) is 9.71. The van der Waals surface area contributed by atoms with Crippen molar-refractivity contribution in [3.63, 3.8) is 0 Å². The molecule has 0 spiro atoms. The second kappa shape index (κ2) is 3.79. The first-order valence-corrected chi connectivity index (χ1v) is 4.22. The fourth-order valence-corrected chi connectivity index (χ4v) is 1.26. The third-order valence-electron chi connectivity index (χ3n) is 1.92. The number of carbonyl (C=O) groups is 1. The molecule has 0 aliphatic heterocycles. The standard InChI is InChI=1S/C11H8N2O/c14-8-9-7-12-6-4-10(9)11-3-1-2-5-13-11/h1-8H. The molecule has 0 N–H and O–H groups in total. The summed E-state index contributed by atoms with van der Waals surface area (Å²) in [7, 11) is 0. The lowest BCUT2D eigenvalue weighted by Crippen LogP contribution is -1.90. The summed E-state index contributed by atoms with van der Waals surface area (Å²) in [5, 5.41) is 0. The van der Waals surface area contributed by atoms with E-state index < -0.39 is 0 Å². The van der Waals surface area contributed by atoms with E-state index in [1.807, 2.05) is 18.2 Å². The predicted molar refractivity (Wildman–Crippen MR) is 52.9 cm³/mol. The van der Waals surface area contributed by atoms with Gasteiger partial charge >= 0.3 is 0 Å². The zero-order chi connectivity index (χ0) is 9.80. The summed E-state index contributed by atoms with van der Waals surface area (Å²) in [4.78, 5) is 18.8. The van der Waals surface area contributed by atoms with E-state index >= 15 is 0 Å². The van der Waals surface area contributed by atoms with Crippen LogP contribution in [0.25, 0.3) is 11.3 Å². The lowest BCUT2D eigenvalue weighted by Gasteiger charge is -2.01. The SMILES string of the molecule is O=Cc1cnccc1-c1ccccn1. The van der Waals surface area contributed by atoms with Crippen LogP contribution < -0.4 is 0 Å². The van der Waals surface area contributed by atoms with Crippen molar-refractivity contribution in [2.75, 3.05) is 0 Å². The van der Waals surface area contributed by atoms with Crippen molar-refractivity contribution in [3.8, 4) is 11.3 Å². The van der Waals surface area contributed by atoms with E-state index in [0.29, 0.717) is 5.56 Å². The number of aromatic nitrogens is 2. The summed E-state index contributed by atoms with van der Waals surface area (Å²) in [5.74, 6) is 0. The second-order valence-electron chi connectivity index (χ2n) is 2.80. The molecule has 0 aliphatic rings. The average molecular weight is 184 g/mol. The van der Waals surface area contributed by atoms with E-state index in [9.17, 15) is 4.79 Å². The van der Waals surface area contributed by atoms with Crippen LogP contribution in [-0.4, -0.2) is 16.3 Å². The lowest BCUT2D eigenvalue weighted by molar-refractivity contribution is 0.112. The van der Waals surface area contributed by atoms with E-state index in [1.54, 1.807) is 18.5 Å². The summed E-state index contributed by atoms with van der Waals surface area (Å²) in [5.41, 5.74) is 2.17. The van der Waals surface area contributed by atoms with Crippen molar-refractivity contribution in [1.29, 1.82) is 0 Å². The van der Waals surface area contributed by atoms with Gasteiger partial charge in [-0.15, -0.1) is 0 Å². The minimum atomic E-state index is 0.561. The van der Waals surface area contributed by atoms with Gasteiger partial charge in [0.15, 0.2) is 6.29 Å². The maximum absolute atomic E-state index is 10.7. The van der Waals surface area contributed by atoms with Gasteiger partial charge in [-0.2, -0.15) is 0 Å². The number of aldehydes is 1. The highest BCUT2D eigenvalue weighted by atomic mass is 16.1. The molecular formula is C11H8N2O. The number of carbonyl (C=O) groups excluding carboxylic acids is 1. The van der Waals surface area contributed by atoms with Crippen LogP contribution in [0.1, 0.15) is 10.4 Å². The Morgan fingerprint density at radius 1 is 1.14 bits per heavy atom. The number of rotatable bonds is 2. The molecule has 3 nitrogen and oxygen atoms in total. The lowest BCUT2D eigenvalue weighted by atomic mass is 10.1. The average Bonchev–Trinajstić information content (AvgIpc) is 2.30. The fraction of sp³-hybridized carbons (Fsp3) is 0. The van der Waals surface area contributed by atoms with Crippen LogP contribution in [-0.2, 0) is 0 Å². The number of hydrogen-bond acceptors (Lipinski definition) is 3. The molecular weight excluding hydrogens is 176 g/mol. The van der Waals surface area contributed by atoms with Gasteiger partial charge in [-0.05, 0) is 18.2 Å². The Hall–Kier alpha value is -2.03. The number of nitrogens with zero attached hydrogens (tertiary/aromatic N) is 2. The Morgan fingerprint density at radius 2 is 2.07 bits per heavy atom. The van der Waals surface area contributed by atoms with Crippen molar-refractivity contribution in [2.24, 2.45) is 0 Å². The van der Waals surface area contributed by atoms with Crippen molar-refractivity contribution in [3.05, 3.63) is 48.4 Å². The minimum Gasteiger partial charge on any atom is -0.298 e. The Labute approximate surface area is 81.5 Å². The predicted octanol–water partition coefficient (Wildman–Crippen LogP) is 1.96. The Bertz CT molecular complexity index is 440. The molecule has 3 heteroatoms. The second-order valence-corrected chi connectivity index (χ2v) is 2.80. The molecule has 2 heterocycles. The van der Waals surface area contributed by atoms with Gasteiger partial charge in [-0.25, -0.2) is 0 Å². The summed E-state index contributed by atoms with van der Waals surface area (Å²) in [6.07, 6.45) is 5.68. The van der Waals surface area contributed by atoms with Gasteiger partial charge in [0.1, 0.15) is 0 Å². The van der Waals surface area contributed by atoms with Crippen LogP contribution in [0.5, 0.6) is 0 Å². The van der Waals surface area contributed by atoms with Crippen LogP contribution in [0.15, 0.2) is 42.9 Å². The molecule has 0 radical (unpaired) electrons. The first kappa shape index (κ1) is 8.56. The molecule has 68 valence electrons. The van der Waals surface area contributed by atoms with E-state index in [-0.39, 0.29) is 0 Å². The van der Waals surface area contributed by atoms with E-state index in [1.165, 1.54) is 6.20 Å². The molecule has 2 rings (SSSR count). The van der Waals surface area contributed by atoms with Gasteiger partial charge in [0.05, 0.1) is 5.69 Å². The smallest absolute Gasteiger partial charge is 0.152 e. The Balaban J connectivity index is 2.57. The molecule has 14 heavy (non-hydrogen) atoms. The maximum Gasteiger partial charge on any atom is 0.152 e. The van der Waals surface area contributed by atoms with Crippen LogP contribution in [0, 0.1) is 0 Å². The van der Waals surface area contributed by atoms with Gasteiger partial charge in [0.2, 0.25) is 0 Å². The molecule has 0 aliphatic carbocycles. The van der Waals surface area contributed by atoms with Crippen LogP contribution >= 0.6 is 0 Å². The topological polar surface area (TPSA) is 42.9 Å². The zero-order valence-corrected chi connectivity index (χ0v) is 7.42. The summed E-state index contributed by atoms with van der Waals surface area (Å²) < 4.78 is 0. The van der Waals surface area contributed by atoms with Gasteiger partial charge in [-0.3, -0.25) is 14.8 Å².